The van der Waals surface area contributed by atoms with Crippen LogP contribution in [0.1, 0.15) is 24.0 Å². The molecule has 1 saturated heterocycles. The lowest BCUT2D eigenvalue weighted by atomic mass is 10.1. The third kappa shape index (κ3) is 4.26. The number of aromatic nitrogens is 2. The Morgan fingerprint density at radius 3 is 2.50 bits per heavy atom. The van der Waals surface area contributed by atoms with E-state index in [0.29, 0.717) is 6.54 Å². The molecule has 0 spiro atoms. The molecule has 1 aliphatic rings. The zero-order chi connectivity index (χ0) is 19.3. The summed E-state index contributed by atoms with van der Waals surface area (Å²) < 4.78 is 8.58. The molecule has 5 nitrogen and oxygen atoms in total. The first kappa shape index (κ1) is 18.7. The van der Waals surface area contributed by atoms with Crippen molar-refractivity contribution < 1.29 is 4.74 Å². The molecule has 5 heteroatoms. The summed E-state index contributed by atoms with van der Waals surface area (Å²) in [5.41, 5.74) is 9.12. The van der Waals surface area contributed by atoms with E-state index in [2.05, 4.69) is 57.9 Å². The fourth-order valence-corrected chi connectivity index (χ4v) is 3.69. The molecular formula is C23H28N4O. The molecule has 3 aromatic rings. The number of hydrogen-bond donors (Lipinski definition) is 1. The summed E-state index contributed by atoms with van der Waals surface area (Å²) in [6, 6.07) is 16.7. The Morgan fingerprint density at radius 2 is 1.75 bits per heavy atom. The van der Waals surface area contributed by atoms with Gasteiger partial charge in [0, 0.05) is 38.6 Å². The number of nitrogens with zero attached hydrogens (tertiary/aromatic N) is 3. The Balaban J connectivity index is 1.55. The van der Waals surface area contributed by atoms with Crippen molar-refractivity contribution in [3.05, 3.63) is 72.1 Å². The van der Waals surface area contributed by atoms with E-state index in [1.807, 2.05) is 24.5 Å². The zero-order valence-electron chi connectivity index (χ0n) is 16.4. The molecule has 2 aromatic carbocycles. The van der Waals surface area contributed by atoms with Crippen molar-refractivity contribution in [3.63, 3.8) is 0 Å². The van der Waals surface area contributed by atoms with Gasteiger partial charge in [0.25, 0.3) is 0 Å². The predicted octanol–water partition coefficient (Wildman–Crippen LogP) is 3.53. The molecule has 0 amide bonds. The van der Waals surface area contributed by atoms with Crippen molar-refractivity contribution in [2.24, 2.45) is 5.73 Å². The van der Waals surface area contributed by atoms with Gasteiger partial charge in [0.2, 0.25) is 0 Å². The maximum atomic E-state index is 6.40. The molecule has 1 fully saturated rings. The predicted molar refractivity (Wildman–Crippen MR) is 112 cm³/mol. The van der Waals surface area contributed by atoms with Crippen LogP contribution in [0, 0.1) is 0 Å². The highest BCUT2D eigenvalue weighted by atomic mass is 16.5. The topological polar surface area (TPSA) is 56.3 Å². The van der Waals surface area contributed by atoms with Gasteiger partial charge in [-0.25, -0.2) is 4.98 Å². The van der Waals surface area contributed by atoms with Crippen LogP contribution in [0.25, 0.3) is 11.4 Å². The van der Waals surface area contributed by atoms with Crippen LogP contribution in [0.3, 0.4) is 0 Å². The number of nitrogens with two attached hydrogens (primary N) is 1. The summed E-state index contributed by atoms with van der Waals surface area (Å²) in [4.78, 5) is 6.99. The summed E-state index contributed by atoms with van der Waals surface area (Å²) >= 11 is 0. The van der Waals surface area contributed by atoms with Crippen LogP contribution in [0.4, 0.5) is 0 Å². The van der Waals surface area contributed by atoms with Gasteiger partial charge in [-0.05, 0) is 43.1 Å². The van der Waals surface area contributed by atoms with Gasteiger partial charge in [0.05, 0.1) is 5.56 Å². The van der Waals surface area contributed by atoms with E-state index in [9.17, 15) is 0 Å². The first-order valence-corrected chi connectivity index (χ1v) is 9.96. The van der Waals surface area contributed by atoms with E-state index in [0.717, 1.165) is 55.2 Å². The number of hydrogen-bond acceptors (Lipinski definition) is 4. The fraction of sp³-hybridized carbons (Fsp3) is 0.348. The summed E-state index contributed by atoms with van der Waals surface area (Å²) in [7, 11) is 2.17. The van der Waals surface area contributed by atoms with Gasteiger partial charge in [0.1, 0.15) is 17.7 Å². The molecule has 1 aromatic heterocycles. The second-order valence-corrected chi connectivity index (χ2v) is 7.52. The van der Waals surface area contributed by atoms with E-state index in [1.165, 1.54) is 5.56 Å². The number of para-hydroxylation sites is 1. The Morgan fingerprint density at radius 1 is 1.04 bits per heavy atom. The molecule has 2 N–H and O–H groups in total. The number of piperidine rings is 1. The largest absolute Gasteiger partial charge is 0.490 e. The molecular weight excluding hydrogens is 348 g/mol. The molecule has 28 heavy (non-hydrogen) atoms. The van der Waals surface area contributed by atoms with Gasteiger partial charge in [-0.3, -0.25) is 0 Å². The van der Waals surface area contributed by atoms with E-state index in [-0.39, 0.29) is 6.10 Å². The van der Waals surface area contributed by atoms with Crippen LogP contribution in [-0.4, -0.2) is 40.7 Å². The monoisotopic (exact) mass is 376 g/mol. The molecule has 0 bridgehead atoms. The first-order chi connectivity index (χ1) is 13.7. The van der Waals surface area contributed by atoms with Crippen molar-refractivity contribution in [3.8, 4) is 17.1 Å². The molecule has 2 heterocycles. The summed E-state index contributed by atoms with van der Waals surface area (Å²) in [5.74, 6) is 1.86. The van der Waals surface area contributed by atoms with Crippen LogP contribution in [0.15, 0.2) is 60.9 Å². The lowest BCUT2D eigenvalue weighted by molar-refractivity contribution is 0.115. The average Bonchev–Trinajstić information content (AvgIpc) is 3.18. The Hall–Kier alpha value is -2.63. The standard InChI is InChI=1S/C23H28N4O/c1-26-13-10-20(11-14-26)28-22-5-3-2-4-21(22)23-25-12-15-27(23)17-19-8-6-18(16-24)7-9-19/h2-9,12,15,20H,10-11,13-14,16-17,24H2,1H3. The number of benzene rings is 2. The van der Waals surface area contributed by atoms with E-state index in [4.69, 9.17) is 10.5 Å². The lowest BCUT2D eigenvalue weighted by Crippen LogP contribution is -2.35. The van der Waals surface area contributed by atoms with Gasteiger partial charge in [0.15, 0.2) is 0 Å². The molecule has 0 aliphatic carbocycles. The minimum atomic E-state index is 0.268. The van der Waals surface area contributed by atoms with E-state index in [1.54, 1.807) is 0 Å². The normalized spacial score (nSPS) is 15.6. The van der Waals surface area contributed by atoms with Crippen molar-refractivity contribution in [2.75, 3.05) is 20.1 Å². The zero-order valence-corrected chi connectivity index (χ0v) is 16.4. The number of rotatable bonds is 6. The average molecular weight is 377 g/mol. The summed E-state index contributed by atoms with van der Waals surface area (Å²) in [6.07, 6.45) is 6.28. The molecule has 0 radical (unpaired) electrons. The maximum absolute atomic E-state index is 6.40. The maximum Gasteiger partial charge on any atom is 0.143 e. The smallest absolute Gasteiger partial charge is 0.143 e. The van der Waals surface area contributed by atoms with Gasteiger partial charge in [-0.15, -0.1) is 0 Å². The summed E-state index contributed by atoms with van der Waals surface area (Å²) in [6.45, 7) is 3.50. The Bertz CT molecular complexity index is 895. The lowest BCUT2D eigenvalue weighted by Gasteiger charge is -2.29. The third-order valence-corrected chi connectivity index (χ3v) is 5.41. The SMILES string of the molecule is CN1CCC(Oc2ccccc2-c2nccn2Cc2ccc(CN)cc2)CC1. The Kier molecular flexibility index (Phi) is 5.74. The van der Waals surface area contributed by atoms with Gasteiger partial charge in [-0.1, -0.05) is 36.4 Å². The molecule has 146 valence electrons. The van der Waals surface area contributed by atoms with Crippen molar-refractivity contribution in [1.29, 1.82) is 0 Å². The van der Waals surface area contributed by atoms with Crippen molar-refractivity contribution in [2.45, 2.75) is 32.0 Å². The Labute approximate surface area is 166 Å². The van der Waals surface area contributed by atoms with Crippen LogP contribution < -0.4 is 10.5 Å². The van der Waals surface area contributed by atoms with Crippen LogP contribution in [0.5, 0.6) is 5.75 Å². The molecule has 0 atom stereocenters. The fourth-order valence-electron chi connectivity index (χ4n) is 3.69. The summed E-state index contributed by atoms with van der Waals surface area (Å²) in [5, 5.41) is 0. The molecule has 0 unspecified atom stereocenters. The van der Waals surface area contributed by atoms with Crippen LogP contribution >= 0.6 is 0 Å². The second kappa shape index (κ2) is 8.59. The van der Waals surface area contributed by atoms with Crippen molar-refractivity contribution in [1.82, 2.24) is 14.5 Å². The van der Waals surface area contributed by atoms with Gasteiger partial charge < -0.3 is 19.9 Å². The van der Waals surface area contributed by atoms with Gasteiger partial charge in [-0.2, -0.15) is 0 Å². The third-order valence-electron chi connectivity index (χ3n) is 5.41. The minimum Gasteiger partial charge on any atom is -0.490 e. The van der Waals surface area contributed by atoms with E-state index < -0.39 is 0 Å². The van der Waals surface area contributed by atoms with Crippen molar-refractivity contribution >= 4 is 0 Å². The number of likely N-dealkylation sites (tertiary alicyclic amines) is 1. The highest BCUT2D eigenvalue weighted by Gasteiger charge is 2.20. The minimum absolute atomic E-state index is 0.268. The quantitative estimate of drug-likeness (QED) is 0.715. The van der Waals surface area contributed by atoms with E-state index >= 15 is 0 Å². The highest BCUT2D eigenvalue weighted by molar-refractivity contribution is 5.64. The van der Waals surface area contributed by atoms with Crippen LogP contribution in [0.2, 0.25) is 0 Å². The molecule has 4 rings (SSSR count). The van der Waals surface area contributed by atoms with Gasteiger partial charge >= 0.3 is 0 Å². The molecule has 1 aliphatic heterocycles. The molecule has 0 saturated carbocycles. The number of ether oxygens (including phenoxy) is 1. The highest BCUT2D eigenvalue weighted by Crippen LogP contribution is 2.31. The second-order valence-electron chi connectivity index (χ2n) is 7.52. The van der Waals surface area contributed by atoms with Crippen LogP contribution in [-0.2, 0) is 13.1 Å². The first-order valence-electron chi connectivity index (χ1n) is 9.96. The number of imidazole rings is 1.